The topological polar surface area (TPSA) is 68.7 Å². The van der Waals surface area contributed by atoms with E-state index >= 15 is 0 Å². The minimum Gasteiger partial charge on any atom is -0.268 e. The van der Waals surface area contributed by atoms with Gasteiger partial charge >= 0.3 is 0 Å². The van der Waals surface area contributed by atoms with Crippen molar-refractivity contribution in [3.63, 3.8) is 0 Å². The van der Waals surface area contributed by atoms with Crippen LogP contribution in [0.4, 0.5) is 0 Å². The third-order valence-electron chi connectivity index (χ3n) is 8.61. The van der Waals surface area contributed by atoms with Crippen molar-refractivity contribution >= 4 is 78.1 Å². The van der Waals surface area contributed by atoms with Crippen molar-refractivity contribution in [1.29, 1.82) is 0 Å². The molecule has 218 valence electrons. The fourth-order valence-corrected chi connectivity index (χ4v) is 6.87. The first-order valence-electron chi connectivity index (χ1n) is 14.6. The number of hydrogen-bond acceptors (Lipinski definition) is 4. The molecule has 4 aromatic heterocycles. The average molecular weight is 636 g/mol. The molecule has 46 heavy (non-hydrogen) atoms. The molecule has 0 fully saturated rings. The lowest BCUT2D eigenvalue weighted by atomic mass is 10.0. The van der Waals surface area contributed by atoms with E-state index in [1.54, 1.807) is 33.1 Å². The predicted molar refractivity (Wildman–Crippen MR) is 187 cm³/mol. The highest BCUT2D eigenvalue weighted by atomic mass is 35.5. The molecule has 0 saturated heterocycles. The van der Waals surface area contributed by atoms with Crippen LogP contribution >= 0.6 is 23.2 Å². The summed E-state index contributed by atoms with van der Waals surface area (Å²) in [6.45, 7) is 0. The van der Waals surface area contributed by atoms with Crippen molar-refractivity contribution in [1.82, 2.24) is 18.8 Å². The molecule has 0 amide bonds. The zero-order valence-corrected chi connectivity index (χ0v) is 25.4. The molecule has 0 N–H and O–H groups in total. The standard InChI is InChI=1S/C38H20Cl2N4O2/c39-23-11-13-33-27(15-23)25(21-7-3-1-4-8-21)18-35-41-31-20-32-30(17-29(31)37(45)43(33)35)38(46)44-34-14-12-24(40)16-28(34)26(19-36(44)42-32)22-9-5-2-6-10-22/h1-20H. The van der Waals surface area contributed by atoms with Crippen molar-refractivity contribution in [3.8, 4) is 22.3 Å². The van der Waals surface area contributed by atoms with E-state index in [2.05, 4.69) is 0 Å². The average Bonchev–Trinajstić information content (AvgIpc) is 3.07. The number of nitrogens with zero attached hydrogens (tertiary/aromatic N) is 4. The molecule has 0 saturated carbocycles. The first-order valence-corrected chi connectivity index (χ1v) is 15.4. The molecule has 0 spiro atoms. The third-order valence-corrected chi connectivity index (χ3v) is 9.08. The van der Waals surface area contributed by atoms with Gasteiger partial charge in [-0.1, -0.05) is 83.9 Å². The Morgan fingerprint density at radius 3 is 1.33 bits per heavy atom. The molecule has 4 heterocycles. The molecule has 0 atom stereocenters. The van der Waals surface area contributed by atoms with Crippen LogP contribution in [0.3, 0.4) is 0 Å². The molecular formula is C38H20Cl2N4O2. The summed E-state index contributed by atoms with van der Waals surface area (Å²) in [6, 6.07) is 37.9. The van der Waals surface area contributed by atoms with Gasteiger partial charge in [0.05, 0.1) is 32.8 Å². The Bertz CT molecular complexity index is 2670. The van der Waals surface area contributed by atoms with Crippen molar-refractivity contribution in [2.45, 2.75) is 0 Å². The normalized spacial score (nSPS) is 11.9. The first-order chi connectivity index (χ1) is 22.4. The van der Waals surface area contributed by atoms with Crippen molar-refractivity contribution in [2.24, 2.45) is 0 Å². The predicted octanol–water partition coefficient (Wildman–Crippen LogP) is 8.96. The van der Waals surface area contributed by atoms with Gasteiger partial charge in [0.2, 0.25) is 0 Å². The molecule has 0 aliphatic rings. The van der Waals surface area contributed by atoms with Crippen molar-refractivity contribution in [2.75, 3.05) is 0 Å². The van der Waals surface area contributed by atoms with Crippen LogP contribution in [-0.4, -0.2) is 18.8 Å². The quantitative estimate of drug-likeness (QED) is 0.141. The second-order valence-corrected chi connectivity index (χ2v) is 12.2. The maximum Gasteiger partial charge on any atom is 0.266 e. The van der Waals surface area contributed by atoms with E-state index < -0.39 is 0 Å². The minimum atomic E-state index is -0.283. The van der Waals surface area contributed by atoms with E-state index in [9.17, 15) is 9.59 Å². The summed E-state index contributed by atoms with van der Waals surface area (Å²) >= 11 is 12.9. The van der Waals surface area contributed by atoms with Gasteiger partial charge in [-0.2, -0.15) is 0 Å². The Morgan fingerprint density at radius 1 is 0.457 bits per heavy atom. The van der Waals surface area contributed by atoms with Gasteiger partial charge in [-0.15, -0.1) is 0 Å². The van der Waals surface area contributed by atoms with Gasteiger partial charge in [0.1, 0.15) is 11.3 Å². The number of fused-ring (bicyclic) bond motifs is 8. The van der Waals surface area contributed by atoms with Gasteiger partial charge < -0.3 is 0 Å². The second-order valence-electron chi connectivity index (χ2n) is 11.3. The minimum absolute atomic E-state index is 0.283. The summed E-state index contributed by atoms with van der Waals surface area (Å²) in [5, 5.41) is 3.41. The molecule has 5 aromatic carbocycles. The van der Waals surface area contributed by atoms with Crippen LogP contribution in [0.5, 0.6) is 0 Å². The molecule has 9 aromatic rings. The zero-order valence-electron chi connectivity index (χ0n) is 23.9. The Morgan fingerprint density at radius 2 is 0.891 bits per heavy atom. The summed E-state index contributed by atoms with van der Waals surface area (Å²) in [5.41, 5.74) is 6.44. The van der Waals surface area contributed by atoms with E-state index in [1.165, 1.54) is 0 Å². The van der Waals surface area contributed by atoms with Gasteiger partial charge in [-0.3, -0.25) is 18.4 Å². The number of benzene rings is 5. The van der Waals surface area contributed by atoms with Crippen LogP contribution in [0.15, 0.2) is 131 Å². The van der Waals surface area contributed by atoms with Crippen LogP contribution in [-0.2, 0) is 0 Å². The van der Waals surface area contributed by atoms with E-state index in [-0.39, 0.29) is 11.1 Å². The lowest BCUT2D eigenvalue weighted by Crippen LogP contribution is -2.19. The molecule has 0 unspecified atom stereocenters. The second kappa shape index (κ2) is 9.97. The summed E-state index contributed by atoms with van der Waals surface area (Å²) in [4.78, 5) is 38.4. The largest absolute Gasteiger partial charge is 0.268 e. The van der Waals surface area contributed by atoms with Crippen LogP contribution < -0.4 is 11.1 Å². The molecule has 0 bridgehead atoms. The summed E-state index contributed by atoms with van der Waals surface area (Å²) < 4.78 is 3.17. The van der Waals surface area contributed by atoms with Crippen LogP contribution in [0, 0.1) is 0 Å². The smallest absolute Gasteiger partial charge is 0.266 e. The number of halogens is 2. The summed E-state index contributed by atoms with van der Waals surface area (Å²) in [6.07, 6.45) is 0. The van der Waals surface area contributed by atoms with Crippen LogP contribution in [0.1, 0.15) is 0 Å². The Labute approximate surface area is 270 Å². The highest BCUT2D eigenvalue weighted by Crippen LogP contribution is 2.34. The Balaban J connectivity index is 1.39. The molecule has 9 rings (SSSR count). The molecule has 8 heteroatoms. The monoisotopic (exact) mass is 634 g/mol. The number of hydrogen-bond donors (Lipinski definition) is 0. The maximum absolute atomic E-state index is 14.3. The lowest BCUT2D eigenvalue weighted by molar-refractivity contribution is 1.12. The van der Waals surface area contributed by atoms with E-state index in [1.807, 2.05) is 97.1 Å². The Kier molecular flexibility index (Phi) is 5.81. The molecule has 6 nitrogen and oxygen atoms in total. The van der Waals surface area contributed by atoms with E-state index in [0.29, 0.717) is 54.2 Å². The maximum atomic E-state index is 14.3. The van der Waals surface area contributed by atoms with Crippen molar-refractivity contribution in [3.05, 3.63) is 152 Å². The molecule has 0 radical (unpaired) electrons. The summed E-state index contributed by atoms with van der Waals surface area (Å²) in [7, 11) is 0. The van der Waals surface area contributed by atoms with Gasteiger partial charge in [-0.25, -0.2) is 9.97 Å². The lowest BCUT2D eigenvalue weighted by Gasteiger charge is -2.14. The fraction of sp³-hybridized carbons (Fsp3) is 0. The van der Waals surface area contributed by atoms with E-state index in [0.717, 1.165) is 33.0 Å². The van der Waals surface area contributed by atoms with Crippen molar-refractivity contribution < 1.29 is 0 Å². The molecule has 0 aliphatic heterocycles. The van der Waals surface area contributed by atoms with Crippen LogP contribution in [0.25, 0.3) is 77.2 Å². The third kappa shape index (κ3) is 3.97. The van der Waals surface area contributed by atoms with Gasteiger partial charge in [0.15, 0.2) is 0 Å². The van der Waals surface area contributed by atoms with Gasteiger partial charge in [0, 0.05) is 20.8 Å². The molecular weight excluding hydrogens is 615 g/mol. The Hall–Kier alpha value is -5.56. The molecule has 0 aliphatic carbocycles. The highest BCUT2D eigenvalue weighted by Gasteiger charge is 2.18. The van der Waals surface area contributed by atoms with Gasteiger partial charge in [-0.05, 0) is 82.9 Å². The van der Waals surface area contributed by atoms with Gasteiger partial charge in [0.25, 0.3) is 11.1 Å². The SMILES string of the molecule is O=c1c2cc3c(=O)n4c(cc(-c5ccccc5)c5cc(Cl)ccc54)nc3cc2nc2cc(-c3ccccc3)c3cc(Cl)ccc3n12. The van der Waals surface area contributed by atoms with E-state index in [4.69, 9.17) is 33.2 Å². The van der Waals surface area contributed by atoms with Crippen LogP contribution in [0.2, 0.25) is 10.0 Å². The first kappa shape index (κ1) is 26.8. The number of aromatic nitrogens is 4. The number of pyridine rings is 2. The highest BCUT2D eigenvalue weighted by molar-refractivity contribution is 6.32. The summed E-state index contributed by atoms with van der Waals surface area (Å²) in [5.74, 6) is 0. The zero-order chi connectivity index (χ0) is 31.1. The number of rotatable bonds is 2. The fourth-order valence-electron chi connectivity index (χ4n) is 6.52.